The molecule has 1 heterocycles. The van der Waals surface area contributed by atoms with Crippen LogP contribution in [0.25, 0.3) is 0 Å². The van der Waals surface area contributed by atoms with Crippen LogP contribution in [0.2, 0.25) is 0 Å². The second kappa shape index (κ2) is 4.78. The van der Waals surface area contributed by atoms with E-state index >= 15 is 0 Å². The first-order valence-corrected chi connectivity index (χ1v) is 7.66. The van der Waals surface area contributed by atoms with Crippen molar-refractivity contribution in [3.8, 4) is 0 Å². The largest absolute Gasteiger partial charge is 0.378 e. The van der Waals surface area contributed by atoms with Gasteiger partial charge >= 0.3 is 0 Å². The first-order valence-electron chi connectivity index (χ1n) is 6.89. The van der Waals surface area contributed by atoms with Crippen LogP contribution in [0.1, 0.15) is 39.0 Å². The van der Waals surface area contributed by atoms with Crippen molar-refractivity contribution in [3.05, 3.63) is 6.33 Å². The molecule has 0 amide bonds. The second-order valence-electron chi connectivity index (χ2n) is 5.47. The summed E-state index contributed by atoms with van der Waals surface area (Å²) < 4.78 is 10.1. The zero-order valence-electron chi connectivity index (χ0n) is 11.1. The van der Waals surface area contributed by atoms with Gasteiger partial charge in [0.05, 0.1) is 6.10 Å². The van der Waals surface area contributed by atoms with E-state index in [9.17, 15) is 0 Å². The summed E-state index contributed by atoms with van der Waals surface area (Å²) in [5, 5.41) is 1.04. The molecule has 0 radical (unpaired) electrons. The molecule has 2 fully saturated rings. The summed E-state index contributed by atoms with van der Waals surface area (Å²) >= 11 is 1.49. The number of anilines is 1. The molecule has 2 atom stereocenters. The van der Waals surface area contributed by atoms with Gasteiger partial charge in [-0.15, -0.1) is 0 Å². The first-order chi connectivity index (χ1) is 8.78. The molecule has 5 heteroatoms. The Hall–Kier alpha value is -0.680. The topological polar surface area (TPSA) is 38.2 Å². The minimum Gasteiger partial charge on any atom is -0.378 e. The maximum atomic E-state index is 5.95. The summed E-state index contributed by atoms with van der Waals surface area (Å²) in [7, 11) is 2.16. The van der Waals surface area contributed by atoms with Crippen molar-refractivity contribution in [1.29, 1.82) is 0 Å². The zero-order chi connectivity index (χ0) is 12.6. The summed E-state index contributed by atoms with van der Waals surface area (Å²) in [5.41, 5.74) is 0.385. The summed E-state index contributed by atoms with van der Waals surface area (Å²) in [6, 6.07) is 0.588. The van der Waals surface area contributed by atoms with Crippen LogP contribution in [-0.2, 0) is 4.74 Å². The summed E-state index contributed by atoms with van der Waals surface area (Å²) in [6.07, 6.45) is 8.58. The minimum atomic E-state index is 0.385. The van der Waals surface area contributed by atoms with E-state index in [4.69, 9.17) is 4.74 Å². The maximum Gasteiger partial charge on any atom is 0.204 e. The average Bonchev–Trinajstić information content (AvgIpc) is 3.03. The molecular formula is C13H21N3OS. The van der Waals surface area contributed by atoms with Gasteiger partial charge in [-0.2, -0.15) is 4.37 Å². The molecule has 100 valence electrons. The molecule has 2 saturated carbocycles. The van der Waals surface area contributed by atoms with E-state index in [1.54, 1.807) is 6.33 Å². The van der Waals surface area contributed by atoms with Gasteiger partial charge in [0, 0.05) is 36.6 Å². The number of nitrogens with zero attached hydrogens (tertiary/aromatic N) is 3. The molecular weight excluding hydrogens is 246 g/mol. The van der Waals surface area contributed by atoms with Crippen LogP contribution in [0.5, 0.6) is 0 Å². The quantitative estimate of drug-likeness (QED) is 0.840. The highest BCUT2D eigenvalue weighted by atomic mass is 32.1. The molecule has 0 aromatic carbocycles. The lowest BCUT2D eigenvalue weighted by molar-refractivity contribution is -0.121. The Morgan fingerprint density at radius 3 is 2.89 bits per heavy atom. The fourth-order valence-corrected chi connectivity index (χ4v) is 4.39. The molecule has 1 aromatic heterocycles. The van der Waals surface area contributed by atoms with Gasteiger partial charge in [-0.3, -0.25) is 0 Å². The van der Waals surface area contributed by atoms with Crippen LogP contribution in [-0.4, -0.2) is 35.2 Å². The monoisotopic (exact) mass is 267 g/mol. The van der Waals surface area contributed by atoms with Crippen molar-refractivity contribution >= 4 is 16.7 Å². The van der Waals surface area contributed by atoms with Crippen molar-refractivity contribution in [3.63, 3.8) is 0 Å². The number of hydrogen-bond acceptors (Lipinski definition) is 5. The Labute approximate surface area is 113 Å². The molecule has 1 aromatic rings. The smallest absolute Gasteiger partial charge is 0.204 e. The Morgan fingerprint density at radius 2 is 2.28 bits per heavy atom. The summed E-state index contributed by atoms with van der Waals surface area (Å²) in [6.45, 7) is 2.94. The van der Waals surface area contributed by atoms with E-state index in [2.05, 4.69) is 28.2 Å². The average molecular weight is 267 g/mol. The van der Waals surface area contributed by atoms with Gasteiger partial charge in [-0.25, -0.2) is 4.98 Å². The van der Waals surface area contributed by atoms with Gasteiger partial charge < -0.3 is 9.64 Å². The molecule has 2 aliphatic rings. The van der Waals surface area contributed by atoms with E-state index in [-0.39, 0.29) is 0 Å². The van der Waals surface area contributed by atoms with Crippen molar-refractivity contribution in [1.82, 2.24) is 9.36 Å². The molecule has 4 nitrogen and oxygen atoms in total. The van der Waals surface area contributed by atoms with Gasteiger partial charge in [0.15, 0.2) is 0 Å². The van der Waals surface area contributed by atoms with Gasteiger partial charge in [-0.1, -0.05) is 12.8 Å². The normalized spacial score (nSPS) is 29.4. The Kier molecular flexibility index (Phi) is 3.28. The third kappa shape index (κ3) is 1.75. The number of rotatable bonds is 4. The standard InChI is InChI=1S/C13H21N3OS/c1-3-17-11-8-10(13(11)6-4-5-7-13)16(2)12-14-9-15-18-12/h9-11H,3-8H2,1-2H3. The lowest BCUT2D eigenvalue weighted by atomic mass is 9.60. The van der Waals surface area contributed by atoms with Crippen LogP contribution in [0, 0.1) is 5.41 Å². The lowest BCUT2D eigenvalue weighted by Crippen LogP contribution is -2.63. The predicted molar refractivity (Wildman–Crippen MR) is 73.0 cm³/mol. The maximum absolute atomic E-state index is 5.95. The Morgan fingerprint density at radius 1 is 1.50 bits per heavy atom. The van der Waals surface area contributed by atoms with Crippen molar-refractivity contribution in [2.75, 3.05) is 18.6 Å². The number of ether oxygens (including phenoxy) is 1. The third-order valence-corrected chi connectivity index (χ3v) is 5.52. The summed E-state index contributed by atoms with van der Waals surface area (Å²) in [5.74, 6) is 0. The van der Waals surface area contributed by atoms with E-state index in [1.807, 2.05) is 0 Å². The second-order valence-corrected chi connectivity index (χ2v) is 6.23. The van der Waals surface area contributed by atoms with Gasteiger partial charge in [0.25, 0.3) is 0 Å². The van der Waals surface area contributed by atoms with E-state index in [0.29, 0.717) is 17.6 Å². The fourth-order valence-electron chi connectivity index (χ4n) is 3.85. The van der Waals surface area contributed by atoms with Crippen LogP contribution < -0.4 is 4.90 Å². The SMILES string of the molecule is CCOC1CC(N(C)c2ncns2)C12CCCC2. The highest BCUT2D eigenvalue weighted by Gasteiger charge is 2.58. The Bertz CT molecular complexity index is 389. The zero-order valence-corrected chi connectivity index (χ0v) is 11.9. The third-order valence-electron chi connectivity index (χ3n) is 4.76. The van der Waals surface area contributed by atoms with Crippen LogP contribution in [0.3, 0.4) is 0 Å². The van der Waals surface area contributed by atoms with Gasteiger partial charge in [0.2, 0.25) is 5.13 Å². The van der Waals surface area contributed by atoms with Crippen molar-refractivity contribution < 1.29 is 4.74 Å². The van der Waals surface area contributed by atoms with Crippen LogP contribution in [0.15, 0.2) is 6.33 Å². The molecule has 0 saturated heterocycles. The minimum absolute atomic E-state index is 0.385. The molecule has 0 bridgehead atoms. The van der Waals surface area contributed by atoms with Gasteiger partial charge in [0.1, 0.15) is 6.33 Å². The highest BCUT2D eigenvalue weighted by Crippen LogP contribution is 2.56. The molecule has 0 aliphatic heterocycles. The molecule has 18 heavy (non-hydrogen) atoms. The lowest BCUT2D eigenvalue weighted by Gasteiger charge is -2.56. The van der Waals surface area contributed by atoms with Crippen molar-refractivity contribution in [2.45, 2.75) is 51.2 Å². The molecule has 1 spiro atoms. The van der Waals surface area contributed by atoms with E-state index < -0.39 is 0 Å². The number of aromatic nitrogens is 2. The summed E-state index contributed by atoms with van der Waals surface area (Å²) in [4.78, 5) is 6.67. The first kappa shape index (κ1) is 12.4. The molecule has 3 rings (SSSR count). The number of hydrogen-bond donors (Lipinski definition) is 0. The molecule has 0 N–H and O–H groups in total. The van der Waals surface area contributed by atoms with E-state index in [0.717, 1.165) is 18.2 Å². The predicted octanol–water partition coefficient (Wildman–Crippen LogP) is 2.71. The van der Waals surface area contributed by atoms with Crippen LogP contribution in [0.4, 0.5) is 5.13 Å². The Balaban J connectivity index is 1.77. The van der Waals surface area contributed by atoms with Crippen molar-refractivity contribution in [2.24, 2.45) is 5.41 Å². The van der Waals surface area contributed by atoms with E-state index in [1.165, 1.54) is 37.2 Å². The molecule has 2 aliphatic carbocycles. The fraction of sp³-hybridized carbons (Fsp3) is 0.846. The highest BCUT2D eigenvalue weighted by molar-refractivity contribution is 7.09. The van der Waals surface area contributed by atoms with Crippen LogP contribution >= 0.6 is 11.5 Å². The van der Waals surface area contributed by atoms with Gasteiger partial charge in [-0.05, 0) is 26.2 Å². The molecule has 2 unspecified atom stereocenters.